The van der Waals surface area contributed by atoms with Crippen molar-refractivity contribution in [2.24, 2.45) is 0 Å². The van der Waals surface area contributed by atoms with Gasteiger partial charge in [0.1, 0.15) is 5.82 Å². The van der Waals surface area contributed by atoms with Crippen LogP contribution in [0.3, 0.4) is 0 Å². The van der Waals surface area contributed by atoms with Crippen molar-refractivity contribution in [3.63, 3.8) is 0 Å². The lowest BCUT2D eigenvalue weighted by Crippen LogP contribution is -2.17. The molecule has 3 aromatic carbocycles. The molecule has 1 N–H and O–H groups in total. The van der Waals surface area contributed by atoms with E-state index in [-0.39, 0.29) is 11.9 Å². The van der Waals surface area contributed by atoms with Crippen LogP contribution in [0.2, 0.25) is 0 Å². The van der Waals surface area contributed by atoms with Gasteiger partial charge < -0.3 is 14.6 Å². The third-order valence-electron chi connectivity index (χ3n) is 5.89. The normalized spacial score (nSPS) is 11.0. The number of hydrogen-bond acceptors (Lipinski definition) is 5. The van der Waals surface area contributed by atoms with Crippen molar-refractivity contribution in [3.05, 3.63) is 107 Å². The number of nitrogens with zero attached hydrogens (tertiary/aromatic N) is 4. The third-order valence-corrected chi connectivity index (χ3v) is 5.89. The van der Waals surface area contributed by atoms with E-state index in [1.54, 1.807) is 22.9 Å². The van der Waals surface area contributed by atoms with E-state index in [2.05, 4.69) is 10.4 Å². The molecular formula is C28H25N5O3. The number of ether oxygens (including phenoxy) is 1. The highest BCUT2D eigenvalue weighted by atomic mass is 16.5. The summed E-state index contributed by atoms with van der Waals surface area (Å²) in [6, 6.07) is 24.3. The Balaban J connectivity index is 1.54. The number of aromatic nitrogens is 4. The maximum Gasteiger partial charge on any atom is 0.337 e. The van der Waals surface area contributed by atoms with Crippen molar-refractivity contribution in [3.8, 4) is 5.95 Å². The lowest BCUT2D eigenvalue weighted by molar-refractivity contribution is 0.0600. The summed E-state index contributed by atoms with van der Waals surface area (Å²) in [4.78, 5) is 29.7. The molecule has 0 aliphatic rings. The molecule has 0 radical (unpaired) electrons. The molecule has 8 nitrogen and oxygen atoms in total. The second kappa shape index (κ2) is 9.50. The number of esters is 1. The number of hydrogen-bond donors (Lipinski definition) is 1. The first-order valence-electron chi connectivity index (χ1n) is 11.5. The van der Waals surface area contributed by atoms with Crippen LogP contribution >= 0.6 is 0 Å². The average Bonchev–Trinajstić information content (AvgIpc) is 3.43. The van der Waals surface area contributed by atoms with Gasteiger partial charge in [-0.05, 0) is 55.8 Å². The van der Waals surface area contributed by atoms with Gasteiger partial charge in [-0.25, -0.2) is 9.78 Å². The quantitative estimate of drug-likeness (QED) is 0.349. The van der Waals surface area contributed by atoms with Crippen LogP contribution in [-0.4, -0.2) is 38.3 Å². The van der Waals surface area contributed by atoms with E-state index in [0.29, 0.717) is 29.4 Å². The van der Waals surface area contributed by atoms with Crippen molar-refractivity contribution in [1.29, 1.82) is 0 Å². The number of anilines is 1. The monoisotopic (exact) mass is 479 g/mol. The maximum absolute atomic E-state index is 13.0. The summed E-state index contributed by atoms with van der Waals surface area (Å²) in [6.07, 6.45) is 0. The van der Waals surface area contributed by atoms with Crippen LogP contribution in [0, 0.1) is 13.8 Å². The Bertz CT molecular complexity index is 1580. The smallest absolute Gasteiger partial charge is 0.337 e. The minimum Gasteiger partial charge on any atom is -0.465 e. The topological polar surface area (TPSA) is 91.0 Å². The van der Waals surface area contributed by atoms with E-state index < -0.39 is 0 Å². The molecule has 0 saturated carbocycles. The largest absolute Gasteiger partial charge is 0.465 e. The van der Waals surface area contributed by atoms with Crippen molar-refractivity contribution in [2.75, 3.05) is 12.4 Å². The molecule has 0 bridgehead atoms. The molecule has 0 aliphatic carbocycles. The van der Waals surface area contributed by atoms with Crippen molar-refractivity contribution in [1.82, 2.24) is 19.3 Å². The molecule has 8 heteroatoms. The summed E-state index contributed by atoms with van der Waals surface area (Å²) in [5.41, 5.74) is 5.51. The van der Waals surface area contributed by atoms with Gasteiger partial charge in [0, 0.05) is 11.6 Å². The third kappa shape index (κ3) is 4.48. The first kappa shape index (κ1) is 23.0. The highest BCUT2D eigenvalue weighted by Crippen LogP contribution is 2.24. The number of aryl methyl sites for hydroxylation is 2. The summed E-state index contributed by atoms with van der Waals surface area (Å²) in [5, 5.41) is 7.64. The number of rotatable bonds is 6. The summed E-state index contributed by atoms with van der Waals surface area (Å²) >= 11 is 0. The van der Waals surface area contributed by atoms with Gasteiger partial charge in [-0.15, -0.1) is 0 Å². The molecule has 180 valence electrons. The van der Waals surface area contributed by atoms with Crippen LogP contribution < -0.4 is 5.32 Å². The second-order valence-corrected chi connectivity index (χ2v) is 8.58. The van der Waals surface area contributed by atoms with E-state index in [1.165, 1.54) is 7.11 Å². The molecule has 0 saturated heterocycles. The van der Waals surface area contributed by atoms with Gasteiger partial charge >= 0.3 is 5.97 Å². The van der Waals surface area contributed by atoms with E-state index in [1.807, 2.05) is 79.1 Å². The molecule has 2 heterocycles. The molecule has 1 amide bonds. The van der Waals surface area contributed by atoms with Crippen LogP contribution in [0.4, 0.5) is 5.82 Å². The van der Waals surface area contributed by atoms with E-state index in [9.17, 15) is 9.59 Å². The Morgan fingerprint density at radius 3 is 2.44 bits per heavy atom. The van der Waals surface area contributed by atoms with Crippen molar-refractivity contribution in [2.45, 2.75) is 20.4 Å². The summed E-state index contributed by atoms with van der Waals surface area (Å²) in [5.74, 6) is 0.495. The van der Waals surface area contributed by atoms with Gasteiger partial charge in [-0.2, -0.15) is 9.78 Å². The van der Waals surface area contributed by atoms with Crippen LogP contribution in [0.5, 0.6) is 0 Å². The van der Waals surface area contributed by atoms with E-state index in [0.717, 1.165) is 27.9 Å². The van der Waals surface area contributed by atoms with Crippen LogP contribution in [0.15, 0.2) is 78.9 Å². The SMILES string of the molecule is COC(=O)c1ccc(Cn2c(-n3nc(C)cc3NC(=O)c3cccc(C)c3)nc3ccccc32)cc1. The number of benzene rings is 3. The lowest BCUT2D eigenvalue weighted by Gasteiger charge is -2.13. The number of fused-ring (bicyclic) bond motifs is 1. The standard InChI is InChI=1S/C28H25N5O3/c1-18-7-6-8-22(15-18)26(34)30-25-16-19(2)31-33(25)28-29-23-9-4-5-10-24(23)32(28)17-20-11-13-21(14-12-20)27(35)36-3/h4-16H,17H2,1-3H3,(H,30,34). The Morgan fingerprint density at radius 1 is 0.917 bits per heavy atom. The zero-order valence-electron chi connectivity index (χ0n) is 20.2. The summed E-state index contributed by atoms with van der Waals surface area (Å²) < 4.78 is 8.50. The maximum atomic E-state index is 13.0. The number of imidazole rings is 1. The Hall–Kier alpha value is -4.72. The van der Waals surface area contributed by atoms with Gasteiger partial charge in [-0.1, -0.05) is 42.0 Å². The summed E-state index contributed by atoms with van der Waals surface area (Å²) in [6.45, 7) is 4.31. The van der Waals surface area contributed by atoms with Crippen molar-refractivity contribution >= 4 is 28.7 Å². The Labute approximate surface area is 208 Å². The minimum absolute atomic E-state index is 0.221. The molecule has 5 aromatic rings. The molecule has 36 heavy (non-hydrogen) atoms. The predicted octanol–water partition coefficient (Wildman–Crippen LogP) is 4.93. The van der Waals surface area contributed by atoms with Gasteiger partial charge in [0.25, 0.3) is 5.91 Å². The van der Waals surface area contributed by atoms with Crippen LogP contribution in [-0.2, 0) is 11.3 Å². The number of para-hydroxylation sites is 2. The molecule has 0 atom stereocenters. The lowest BCUT2D eigenvalue weighted by atomic mass is 10.1. The molecular weight excluding hydrogens is 454 g/mol. The fourth-order valence-electron chi connectivity index (χ4n) is 4.14. The highest BCUT2D eigenvalue weighted by Gasteiger charge is 2.19. The number of methoxy groups -OCH3 is 1. The molecule has 2 aromatic heterocycles. The average molecular weight is 480 g/mol. The first-order valence-corrected chi connectivity index (χ1v) is 11.5. The first-order chi connectivity index (χ1) is 17.4. The van der Waals surface area contributed by atoms with E-state index >= 15 is 0 Å². The summed E-state index contributed by atoms with van der Waals surface area (Å²) in [7, 11) is 1.36. The molecule has 0 fully saturated rings. The number of nitrogens with one attached hydrogen (secondary N) is 1. The van der Waals surface area contributed by atoms with Gasteiger partial charge in [-0.3, -0.25) is 4.79 Å². The van der Waals surface area contributed by atoms with Gasteiger partial charge in [0.2, 0.25) is 5.95 Å². The minimum atomic E-state index is -0.378. The zero-order valence-corrected chi connectivity index (χ0v) is 20.2. The Kier molecular flexibility index (Phi) is 6.08. The van der Waals surface area contributed by atoms with Gasteiger partial charge in [0.15, 0.2) is 0 Å². The predicted molar refractivity (Wildman–Crippen MR) is 138 cm³/mol. The fraction of sp³-hybridized carbons (Fsp3) is 0.143. The molecule has 0 spiro atoms. The van der Waals surface area contributed by atoms with E-state index in [4.69, 9.17) is 9.72 Å². The zero-order chi connectivity index (χ0) is 25.2. The van der Waals surface area contributed by atoms with Crippen molar-refractivity contribution < 1.29 is 14.3 Å². The van der Waals surface area contributed by atoms with Crippen LogP contribution in [0.1, 0.15) is 37.5 Å². The van der Waals surface area contributed by atoms with Crippen LogP contribution in [0.25, 0.3) is 17.0 Å². The molecule has 5 rings (SSSR count). The fourth-order valence-corrected chi connectivity index (χ4v) is 4.14. The number of carbonyl (C=O) groups excluding carboxylic acids is 2. The highest BCUT2D eigenvalue weighted by molar-refractivity contribution is 6.04. The second-order valence-electron chi connectivity index (χ2n) is 8.58. The molecule has 0 aliphatic heterocycles. The van der Waals surface area contributed by atoms with Gasteiger partial charge in [0.05, 0.1) is 35.9 Å². The Morgan fingerprint density at radius 2 is 1.69 bits per heavy atom. The number of carbonyl (C=O) groups is 2. The number of amides is 1. The molecule has 0 unspecified atom stereocenters.